The molecule has 2 aromatic carbocycles. The smallest absolute Gasteiger partial charge is 0.337 e. The summed E-state index contributed by atoms with van der Waals surface area (Å²) in [5, 5.41) is 0.153. The average molecular weight is 654 g/mol. The maximum Gasteiger partial charge on any atom is 0.435 e. The van der Waals surface area contributed by atoms with Crippen LogP contribution in [0.5, 0.6) is 0 Å². The van der Waals surface area contributed by atoms with E-state index in [9.17, 15) is 39.6 Å². The zero-order valence-electron chi connectivity index (χ0n) is 23.5. The number of rotatable bonds is 4. The van der Waals surface area contributed by atoms with E-state index in [-0.39, 0.29) is 58.7 Å². The molecule has 1 aliphatic heterocycles. The van der Waals surface area contributed by atoms with Crippen LogP contribution in [0.1, 0.15) is 67.7 Å². The van der Waals surface area contributed by atoms with Gasteiger partial charge in [0.05, 0.1) is 10.9 Å². The van der Waals surface area contributed by atoms with Crippen LogP contribution in [0, 0.1) is 18.8 Å². The minimum atomic E-state index is -6.31. The van der Waals surface area contributed by atoms with E-state index in [1.54, 1.807) is 6.92 Å². The van der Waals surface area contributed by atoms with Crippen molar-refractivity contribution in [1.29, 1.82) is 0 Å². The van der Waals surface area contributed by atoms with E-state index in [0.717, 1.165) is 18.9 Å². The van der Waals surface area contributed by atoms with Gasteiger partial charge in [0.15, 0.2) is 9.84 Å². The molecule has 0 spiro atoms. The summed E-state index contributed by atoms with van der Waals surface area (Å²) in [6.07, 6.45) is -9.97. The van der Waals surface area contributed by atoms with Gasteiger partial charge in [0, 0.05) is 23.0 Å². The van der Waals surface area contributed by atoms with Crippen molar-refractivity contribution in [3.05, 3.63) is 63.7 Å². The van der Waals surface area contributed by atoms with Crippen LogP contribution in [0.2, 0.25) is 5.02 Å². The Labute approximate surface area is 250 Å². The summed E-state index contributed by atoms with van der Waals surface area (Å²) >= 11 is 6.26. The Morgan fingerprint density at radius 1 is 0.930 bits per heavy atom. The highest BCUT2D eigenvalue weighted by atomic mass is 35.5. The van der Waals surface area contributed by atoms with Crippen molar-refractivity contribution >= 4 is 27.3 Å². The molecule has 236 valence electrons. The zero-order chi connectivity index (χ0) is 31.8. The summed E-state index contributed by atoms with van der Waals surface area (Å²) in [5.41, 5.74) is -6.89. The summed E-state index contributed by atoms with van der Waals surface area (Å²) < 4.78 is 124. The minimum absolute atomic E-state index is 0.0246. The molecule has 43 heavy (non-hydrogen) atoms. The highest BCUT2D eigenvalue weighted by Crippen LogP contribution is 2.57. The molecule has 0 radical (unpaired) electrons. The van der Waals surface area contributed by atoms with Crippen LogP contribution in [0.15, 0.2) is 41.3 Å². The first kappa shape index (κ1) is 32.1. The van der Waals surface area contributed by atoms with Gasteiger partial charge in [0.25, 0.3) is 0 Å². The number of fused-ring (bicyclic) bond motifs is 3. The molecular weight excluding hydrogens is 623 g/mol. The van der Waals surface area contributed by atoms with Gasteiger partial charge in [-0.2, -0.15) is 26.3 Å². The van der Waals surface area contributed by atoms with E-state index in [2.05, 4.69) is 6.92 Å². The first-order valence-corrected chi connectivity index (χ1v) is 16.0. The van der Waals surface area contributed by atoms with Crippen LogP contribution in [0.25, 0.3) is 0 Å². The third-order valence-corrected chi connectivity index (χ3v) is 12.6. The van der Waals surface area contributed by atoms with Gasteiger partial charge in [0.1, 0.15) is 4.75 Å². The van der Waals surface area contributed by atoms with Gasteiger partial charge in [-0.05, 0) is 86.6 Å². The van der Waals surface area contributed by atoms with Crippen molar-refractivity contribution in [2.24, 2.45) is 11.8 Å². The molecule has 3 aliphatic rings. The Kier molecular flexibility index (Phi) is 7.93. The third-order valence-electron chi connectivity index (χ3n) is 9.65. The largest absolute Gasteiger partial charge is 0.435 e. The number of carbonyl (C=O) groups excluding carboxylic acids is 1. The van der Waals surface area contributed by atoms with Gasteiger partial charge >= 0.3 is 18.0 Å². The average Bonchev–Trinajstić information content (AvgIpc) is 3.34. The number of benzene rings is 2. The Bertz CT molecular complexity index is 1520. The van der Waals surface area contributed by atoms with Gasteiger partial charge < -0.3 is 4.90 Å². The SMILES string of the molecule is Cc1ccc(S(=O)(=O)C23CCN(C(=O)C4CCC(C)CC4)C2CCc2cc(C(F)(C(F)(F)F)C(F)(F)F)ccc23)cc1Cl. The second-order valence-electron chi connectivity index (χ2n) is 12.1. The number of alkyl halides is 7. The molecule has 0 N–H and O–H groups in total. The number of amides is 1. The molecule has 0 bridgehead atoms. The van der Waals surface area contributed by atoms with Crippen LogP contribution in [0.4, 0.5) is 30.7 Å². The lowest BCUT2D eigenvalue weighted by Crippen LogP contribution is -2.53. The van der Waals surface area contributed by atoms with Crippen molar-refractivity contribution in [3.8, 4) is 0 Å². The predicted molar refractivity (Wildman–Crippen MR) is 146 cm³/mol. The molecule has 2 atom stereocenters. The van der Waals surface area contributed by atoms with Crippen molar-refractivity contribution in [2.45, 2.75) is 92.5 Å². The van der Waals surface area contributed by atoms with E-state index >= 15 is 4.39 Å². The van der Waals surface area contributed by atoms with Gasteiger partial charge in [-0.25, -0.2) is 12.8 Å². The first-order valence-electron chi connectivity index (χ1n) is 14.1. The summed E-state index contributed by atoms with van der Waals surface area (Å²) in [4.78, 5) is 15.1. The van der Waals surface area contributed by atoms with Crippen LogP contribution < -0.4 is 0 Å². The normalized spacial score (nSPS) is 26.7. The van der Waals surface area contributed by atoms with Crippen LogP contribution in [0.3, 0.4) is 0 Å². The molecular formula is C30H31ClF7NO3S. The number of aryl methyl sites for hydroxylation is 2. The number of hydrogen-bond acceptors (Lipinski definition) is 3. The lowest BCUT2D eigenvalue weighted by molar-refractivity contribution is -0.348. The lowest BCUT2D eigenvalue weighted by Gasteiger charge is -2.44. The number of hydrogen-bond donors (Lipinski definition) is 0. The van der Waals surface area contributed by atoms with Crippen LogP contribution in [-0.2, 0) is 31.5 Å². The highest BCUT2D eigenvalue weighted by Gasteiger charge is 2.74. The molecule has 5 rings (SSSR count). The second-order valence-corrected chi connectivity index (χ2v) is 14.7. The maximum absolute atomic E-state index is 15.0. The molecule has 4 nitrogen and oxygen atoms in total. The summed E-state index contributed by atoms with van der Waals surface area (Å²) in [7, 11) is -4.44. The number of carbonyl (C=O) groups is 1. The lowest BCUT2D eigenvalue weighted by atomic mass is 9.76. The van der Waals surface area contributed by atoms with Crippen molar-refractivity contribution < 1.29 is 43.9 Å². The van der Waals surface area contributed by atoms with E-state index in [0.29, 0.717) is 36.5 Å². The molecule has 0 aromatic heterocycles. The summed E-state index contributed by atoms with van der Waals surface area (Å²) in [5.74, 6) is -0.0499. The molecule has 13 heteroatoms. The van der Waals surface area contributed by atoms with Gasteiger partial charge in [-0.3, -0.25) is 4.79 Å². The van der Waals surface area contributed by atoms with Crippen molar-refractivity contribution in [3.63, 3.8) is 0 Å². The predicted octanol–water partition coefficient (Wildman–Crippen LogP) is 7.98. The number of nitrogens with zero attached hydrogens (tertiary/aromatic N) is 1. The van der Waals surface area contributed by atoms with E-state index in [1.165, 1.54) is 23.1 Å². The molecule has 1 heterocycles. The number of halogens is 8. The Morgan fingerprint density at radius 2 is 1.56 bits per heavy atom. The molecule has 2 fully saturated rings. The van der Waals surface area contributed by atoms with Crippen LogP contribution in [-0.4, -0.2) is 44.2 Å². The van der Waals surface area contributed by atoms with Gasteiger partial charge in [-0.1, -0.05) is 42.8 Å². The first-order chi connectivity index (χ1) is 19.9. The topological polar surface area (TPSA) is 54.5 Å². The molecule has 2 unspecified atom stereocenters. The van der Waals surface area contributed by atoms with E-state index in [4.69, 9.17) is 11.6 Å². The fourth-order valence-electron chi connectivity index (χ4n) is 7.19. The van der Waals surface area contributed by atoms with E-state index in [1.807, 2.05) is 0 Å². The van der Waals surface area contributed by atoms with E-state index < -0.39 is 44.2 Å². The molecule has 1 amide bonds. The third kappa shape index (κ3) is 4.85. The zero-order valence-corrected chi connectivity index (χ0v) is 25.0. The quantitative estimate of drug-likeness (QED) is 0.315. The van der Waals surface area contributed by atoms with Crippen molar-refractivity contribution in [1.82, 2.24) is 4.90 Å². The maximum atomic E-state index is 15.0. The molecule has 1 saturated carbocycles. The second kappa shape index (κ2) is 10.6. The molecule has 2 aromatic rings. The van der Waals surface area contributed by atoms with Crippen molar-refractivity contribution in [2.75, 3.05) is 6.54 Å². The van der Waals surface area contributed by atoms with Gasteiger partial charge in [-0.15, -0.1) is 0 Å². The highest BCUT2D eigenvalue weighted by molar-refractivity contribution is 7.92. The monoisotopic (exact) mass is 653 g/mol. The molecule has 1 saturated heterocycles. The Hall–Kier alpha value is -2.34. The number of likely N-dealkylation sites (tertiary alicyclic amines) is 1. The fraction of sp³-hybridized carbons (Fsp3) is 0.567. The standard InChI is InChI=1S/C30H31ClF7NO3S/c1-17-3-6-19(7-4-17)26(40)39-14-13-27(43(41,42)22-10-5-18(2)24(31)16-22)23-11-9-21(15-20(23)8-12-25(27)39)28(32,29(33,34)35)30(36,37)38/h5,9-11,15-17,19,25H,3-4,6-8,12-14H2,1-2H3. The van der Waals surface area contributed by atoms with Crippen LogP contribution >= 0.6 is 11.6 Å². The Balaban J connectivity index is 1.67. The molecule has 2 aliphatic carbocycles. The minimum Gasteiger partial charge on any atom is -0.337 e. The fourth-order valence-corrected chi connectivity index (χ4v) is 9.82. The number of sulfone groups is 1. The summed E-state index contributed by atoms with van der Waals surface area (Å²) in [6, 6.07) is 4.90. The Morgan fingerprint density at radius 3 is 2.14 bits per heavy atom. The summed E-state index contributed by atoms with van der Waals surface area (Å²) in [6.45, 7) is 3.80. The van der Waals surface area contributed by atoms with Gasteiger partial charge in [0.2, 0.25) is 5.91 Å².